The van der Waals surface area contributed by atoms with E-state index < -0.39 is 0 Å². The summed E-state index contributed by atoms with van der Waals surface area (Å²) >= 11 is 3.40. The second-order valence-corrected chi connectivity index (χ2v) is 7.85. The third kappa shape index (κ3) is 4.38. The Balaban J connectivity index is 1.48. The molecule has 0 bridgehead atoms. The Hall–Kier alpha value is -1.24. The summed E-state index contributed by atoms with van der Waals surface area (Å²) in [5, 5.41) is 8.28. The van der Waals surface area contributed by atoms with E-state index in [1.54, 1.807) is 22.7 Å². The Kier molecular flexibility index (Phi) is 5.23. The lowest BCUT2D eigenvalue weighted by Gasteiger charge is -2.32. The van der Waals surface area contributed by atoms with Gasteiger partial charge in [-0.15, -0.1) is 22.7 Å². The molecule has 0 aliphatic carbocycles. The van der Waals surface area contributed by atoms with Crippen molar-refractivity contribution in [1.82, 2.24) is 15.2 Å². The van der Waals surface area contributed by atoms with Crippen LogP contribution in [0.1, 0.15) is 28.4 Å². The molecule has 6 heteroatoms. The van der Waals surface area contributed by atoms with Crippen molar-refractivity contribution in [2.45, 2.75) is 38.8 Å². The number of hydrogen-bond donors (Lipinski definition) is 1. The van der Waals surface area contributed by atoms with Gasteiger partial charge in [-0.25, -0.2) is 4.98 Å². The molecule has 3 rings (SSSR count). The average molecular weight is 335 g/mol. The minimum absolute atomic E-state index is 0.0910. The molecule has 1 N–H and O–H groups in total. The maximum atomic E-state index is 12.2. The maximum absolute atomic E-state index is 12.2. The van der Waals surface area contributed by atoms with Gasteiger partial charge in [-0.1, -0.05) is 6.07 Å². The summed E-state index contributed by atoms with van der Waals surface area (Å²) in [7, 11) is 0. The first-order valence-corrected chi connectivity index (χ1v) is 9.40. The number of thiazole rings is 1. The van der Waals surface area contributed by atoms with Crippen LogP contribution in [0, 0.1) is 6.92 Å². The number of amides is 1. The highest BCUT2D eigenvalue weighted by molar-refractivity contribution is 7.10. The number of rotatable bonds is 5. The van der Waals surface area contributed by atoms with Crippen LogP contribution < -0.4 is 5.32 Å². The normalized spacial score (nSPS) is 19.2. The third-order valence-corrected chi connectivity index (χ3v) is 5.52. The van der Waals surface area contributed by atoms with Crippen LogP contribution in [0.3, 0.4) is 0 Å². The van der Waals surface area contributed by atoms with Gasteiger partial charge in [-0.05, 0) is 37.8 Å². The quantitative estimate of drug-likeness (QED) is 0.914. The summed E-state index contributed by atoms with van der Waals surface area (Å²) in [5.74, 6) is 0.0910. The van der Waals surface area contributed by atoms with Crippen molar-refractivity contribution in [2.75, 3.05) is 13.1 Å². The Bertz CT molecular complexity index is 609. The van der Waals surface area contributed by atoms with E-state index in [2.05, 4.69) is 32.7 Å². The van der Waals surface area contributed by atoms with Crippen LogP contribution in [0.2, 0.25) is 0 Å². The Labute approximate surface area is 139 Å². The Morgan fingerprint density at radius 3 is 3.14 bits per heavy atom. The number of likely N-dealkylation sites (tertiary alicyclic amines) is 1. The van der Waals surface area contributed by atoms with Crippen LogP contribution in [0.15, 0.2) is 22.9 Å². The van der Waals surface area contributed by atoms with E-state index in [9.17, 15) is 4.79 Å². The molecule has 0 radical (unpaired) electrons. The molecule has 1 fully saturated rings. The lowest BCUT2D eigenvalue weighted by molar-refractivity contribution is -0.121. The highest BCUT2D eigenvalue weighted by Crippen LogP contribution is 2.17. The molecule has 1 amide bonds. The number of thiophene rings is 1. The number of carbonyl (C=O) groups is 1. The van der Waals surface area contributed by atoms with Gasteiger partial charge in [0.25, 0.3) is 0 Å². The summed E-state index contributed by atoms with van der Waals surface area (Å²) in [5.41, 5.74) is 0.881. The molecule has 1 saturated heterocycles. The van der Waals surface area contributed by atoms with E-state index in [4.69, 9.17) is 0 Å². The first kappa shape index (κ1) is 15.6. The van der Waals surface area contributed by atoms with Gasteiger partial charge in [0.1, 0.15) is 0 Å². The summed E-state index contributed by atoms with van der Waals surface area (Å²) in [6.07, 6.45) is 2.61. The maximum Gasteiger partial charge on any atom is 0.226 e. The molecular formula is C16H21N3OS2. The average Bonchev–Trinajstić information content (AvgIpc) is 3.11. The van der Waals surface area contributed by atoms with Gasteiger partial charge in [0, 0.05) is 29.4 Å². The molecule has 22 heavy (non-hydrogen) atoms. The number of aromatic nitrogens is 1. The van der Waals surface area contributed by atoms with Gasteiger partial charge in [-0.2, -0.15) is 0 Å². The second-order valence-electron chi connectivity index (χ2n) is 5.76. The molecule has 1 aliphatic rings. The minimum Gasteiger partial charge on any atom is -0.352 e. The van der Waals surface area contributed by atoms with Crippen molar-refractivity contribution in [1.29, 1.82) is 0 Å². The van der Waals surface area contributed by atoms with Crippen molar-refractivity contribution < 1.29 is 4.79 Å². The standard InChI is InChI=1S/C16H21N3OS2/c1-12-17-14(11-22-12)8-16(20)18-13-4-2-6-19(9-13)10-15-5-3-7-21-15/h3,5,7,11,13H,2,4,6,8-10H2,1H3,(H,18,20). The smallest absolute Gasteiger partial charge is 0.226 e. The van der Waals surface area contributed by atoms with Crippen LogP contribution in [-0.2, 0) is 17.8 Å². The number of hydrogen-bond acceptors (Lipinski definition) is 5. The molecule has 0 spiro atoms. The van der Waals surface area contributed by atoms with Crippen LogP contribution in [0.4, 0.5) is 0 Å². The molecule has 1 unspecified atom stereocenters. The predicted molar refractivity (Wildman–Crippen MR) is 91.3 cm³/mol. The number of aryl methyl sites for hydroxylation is 1. The van der Waals surface area contributed by atoms with Gasteiger partial charge >= 0.3 is 0 Å². The minimum atomic E-state index is 0.0910. The molecule has 1 aliphatic heterocycles. The van der Waals surface area contributed by atoms with E-state index >= 15 is 0 Å². The van der Waals surface area contributed by atoms with Gasteiger partial charge in [0.05, 0.1) is 17.1 Å². The van der Waals surface area contributed by atoms with Crippen LogP contribution >= 0.6 is 22.7 Å². The monoisotopic (exact) mass is 335 g/mol. The van der Waals surface area contributed by atoms with E-state index in [-0.39, 0.29) is 11.9 Å². The fourth-order valence-electron chi connectivity index (χ4n) is 2.87. The summed E-state index contributed by atoms with van der Waals surface area (Å²) in [4.78, 5) is 20.3. The second kappa shape index (κ2) is 7.35. The van der Waals surface area contributed by atoms with Gasteiger partial charge in [0.2, 0.25) is 5.91 Å². The van der Waals surface area contributed by atoms with Crippen molar-refractivity contribution >= 4 is 28.6 Å². The highest BCUT2D eigenvalue weighted by atomic mass is 32.1. The van der Waals surface area contributed by atoms with Crippen LogP contribution in [-0.4, -0.2) is 34.9 Å². The zero-order valence-corrected chi connectivity index (χ0v) is 14.4. The predicted octanol–water partition coefficient (Wildman–Crippen LogP) is 2.84. The third-order valence-electron chi connectivity index (χ3n) is 3.84. The SMILES string of the molecule is Cc1nc(CC(=O)NC2CCCN(Cc3cccs3)C2)cs1. The Morgan fingerprint density at radius 1 is 1.50 bits per heavy atom. The van der Waals surface area contributed by atoms with E-state index in [1.807, 2.05) is 12.3 Å². The zero-order chi connectivity index (χ0) is 15.4. The molecule has 118 valence electrons. The lowest BCUT2D eigenvalue weighted by Crippen LogP contribution is -2.47. The number of carbonyl (C=O) groups excluding carboxylic acids is 1. The van der Waals surface area contributed by atoms with Gasteiger partial charge < -0.3 is 5.32 Å². The number of nitrogens with zero attached hydrogens (tertiary/aromatic N) is 2. The first-order valence-electron chi connectivity index (χ1n) is 7.64. The van der Waals surface area contributed by atoms with Gasteiger partial charge in [0.15, 0.2) is 0 Å². The van der Waals surface area contributed by atoms with Crippen LogP contribution in [0.25, 0.3) is 0 Å². The molecule has 0 aromatic carbocycles. The van der Waals surface area contributed by atoms with Crippen molar-refractivity contribution in [3.8, 4) is 0 Å². The van der Waals surface area contributed by atoms with E-state index in [1.165, 1.54) is 4.88 Å². The lowest BCUT2D eigenvalue weighted by atomic mass is 10.1. The molecular weight excluding hydrogens is 314 g/mol. The van der Waals surface area contributed by atoms with Crippen molar-refractivity contribution in [3.05, 3.63) is 38.5 Å². The molecule has 2 aromatic heterocycles. The molecule has 2 aromatic rings. The number of piperidine rings is 1. The molecule has 3 heterocycles. The fourth-order valence-corrected chi connectivity index (χ4v) is 4.23. The van der Waals surface area contributed by atoms with E-state index in [0.29, 0.717) is 6.42 Å². The first-order chi connectivity index (χ1) is 10.7. The molecule has 0 saturated carbocycles. The summed E-state index contributed by atoms with van der Waals surface area (Å²) < 4.78 is 0. The summed E-state index contributed by atoms with van der Waals surface area (Å²) in [6, 6.07) is 4.54. The van der Waals surface area contributed by atoms with E-state index in [0.717, 1.165) is 43.2 Å². The Morgan fingerprint density at radius 2 is 2.41 bits per heavy atom. The topological polar surface area (TPSA) is 45.2 Å². The van der Waals surface area contributed by atoms with Gasteiger partial charge in [-0.3, -0.25) is 9.69 Å². The largest absolute Gasteiger partial charge is 0.352 e. The van der Waals surface area contributed by atoms with Crippen LogP contribution in [0.5, 0.6) is 0 Å². The van der Waals surface area contributed by atoms with Crippen molar-refractivity contribution in [2.24, 2.45) is 0 Å². The number of nitrogens with one attached hydrogen (secondary N) is 1. The summed E-state index contributed by atoms with van der Waals surface area (Å²) in [6.45, 7) is 5.03. The fraction of sp³-hybridized carbons (Fsp3) is 0.500. The van der Waals surface area contributed by atoms with Crippen molar-refractivity contribution in [3.63, 3.8) is 0 Å². The highest BCUT2D eigenvalue weighted by Gasteiger charge is 2.21. The zero-order valence-electron chi connectivity index (χ0n) is 12.7. The molecule has 1 atom stereocenters. The molecule has 4 nitrogen and oxygen atoms in total.